The normalized spacial score (nSPS) is 12.2. The highest BCUT2D eigenvalue weighted by molar-refractivity contribution is 9.10. The smallest absolute Gasteiger partial charge is 0.252 e. The molecule has 0 fully saturated rings. The first-order valence-corrected chi connectivity index (χ1v) is 5.99. The quantitative estimate of drug-likeness (QED) is 0.893. The zero-order valence-corrected chi connectivity index (χ0v) is 10.7. The summed E-state index contributed by atoms with van der Waals surface area (Å²) in [5.74, 6) is -0.0107. The fourth-order valence-electron chi connectivity index (χ4n) is 1.45. The van der Waals surface area contributed by atoms with Crippen LogP contribution in [-0.2, 0) is 0 Å². The van der Waals surface area contributed by atoms with Crippen molar-refractivity contribution in [2.45, 2.75) is 32.7 Å². The minimum Gasteiger partial charge on any atom is -0.350 e. The van der Waals surface area contributed by atoms with E-state index in [2.05, 4.69) is 28.2 Å². The van der Waals surface area contributed by atoms with Gasteiger partial charge in [-0.25, -0.2) is 0 Å². The van der Waals surface area contributed by atoms with Crippen LogP contribution in [0.25, 0.3) is 0 Å². The Morgan fingerprint density at radius 3 is 2.73 bits per heavy atom. The van der Waals surface area contributed by atoms with Crippen molar-refractivity contribution in [3.8, 4) is 0 Å². The number of amides is 1. The Morgan fingerprint density at radius 2 is 2.13 bits per heavy atom. The molecule has 0 bridgehead atoms. The van der Waals surface area contributed by atoms with E-state index in [9.17, 15) is 4.79 Å². The van der Waals surface area contributed by atoms with Crippen molar-refractivity contribution in [1.82, 2.24) is 5.32 Å². The van der Waals surface area contributed by atoms with Crippen LogP contribution in [0.1, 0.15) is 37.0 Å². The minimum atomic E-state index is -0.0107. The third-order valence-electron chi connectivity index (χ3n) is 2.22. The van der Waals surface area contributed by atoms with Crippen molar-refractivity contribution in [3.63, 3.8) is 0 Å². The average molecular weight is 270 g/mol. The second-order valence-electron chi connectivity index (χ2n) is 3.64. The standard InChI is InChI=1S/C12H16BrNO/c1-3-6-9(2)14-12(15)10-7-4-5-8-11(10)13/h4-5,7-9H,3,6H2,1-2H3,(H,14,15). The average Bonchev–Trinajstić information content (AvgIpc) is 2.18. The molecule has 1 unspecified atom stereocenters. The number of benzene rings is 1. The van der Waals surface area contributed by atoms with Crippen molar-refractivity contribution >= 4 is 21.8 Å². The summed E-state index contributed by atoms with van der Waals surface area (Å²) in [6.45, 7) is 4.14. The summed E-state index contributed by atoms with van der Waals surface area (Å²) < 4.78 is 0.839. The Labute approximate surface area is 99.2 Å². The number of hydrogen-bond acceptors (Lipinski definition) is 1. The van der Waals surface area contributed by atoms with Crippen molar-refractivity contribution in [2.75, 3.05) is 0 Å². The molecule has 0 saturated heterocycles. The molecular weight excluding hydrogens is 254 g/mol. The lowest BCUT2D eigenvalue weighted by Gasteiger charge is -2.13. The van der Waals surface area contributed by atoms with Gasteiger partial charge < -0.3 is 5.32 Å². The third kappa shape index (κ3) is 3.67. The van der Waals surface area contributed by atoms with E-state index in [1.54, 1.807) is 0 Å². The molecular formula is C12H16BrNO. The van der Waals surface area contributed by atoms with Crippen molar-refractivity contribution in [1.29, 1.82) is 0 Å². The van der Waals surface area contributed by atoms with E-state index in [-0.39, 0.29) is 11.9 Å². The number of hydrogen-bond donors (Lipinski definition) is 1. The number of nitrogens with one attached hydrogen (secondary N) is 1. The zero-order valence-electron chi connectivity index (χ0n) is 9.09. The van der Waals surface area contributed by atoms with Crippen LogP contribution in [0.15, 0.2) is 28.7 Å². The fraction of sp³-hybridized carbons (Fsp3) is 0.417. The maximum Gasteiger partial charge on any atom is 0.252 e. The molecule has 0 saturated carbocycles. The Morgan fingerprint density at radius 1 is 1.47 bits per heavy atom. The van der Waals surface area contributed by atoms with Gasteiger partial charge in [-0.3, -0.25) is 4.79 Å². The molecule has 0 spiro atoms. The maximum atomic E-state index is 11.8. The predicted octanol–water partition coefficient (Wildman–Crippen LogP) is 3.37. The van der Waals surface area contributed by atoms with Gasteiger partial charge in [-0.2, -0.15) is 0 Å². The van der Waals surface area contributed by atoms with Crippen molar-refractivity contribution in [2.24, 2.45) is 0 Å². The fourth-order valence-corrected chi connectivity index (χ4v) is 1.92. The SMILES string of the molecule is CCCC(C)NC(=O)c1ccccc1Br. The first-order valence-electron chi connectivity index (χ1n) is 5.20. The van der Waals surface area contributed by atoms with Gasteiger partial charge in [-0.05, 0) is 41.4 Å². The third-order valence-corrected chi connectivity index (χ3v) is 2.91. The Balaban J connectivity index is 2.65. The van der Waals surface area contributed by atoms with Crippen LogP contribution in [0.2, 0.25) is 0 Å². The van der Waals surface area contributed by atoms with E-state index >= 15 is 0 Å². The van der Waals surface area contributed by atoms with Gasteiger partial charge in [0.15, 0.2) is 0 Å². The van der Waals surface area contributed by atoms with E-state index in [1.807, 2.05) is 31.2 Å². The summed E-state index contributed by atoms with van der Waals surface area (Å²) in [7, 11) is 0. The van der Waals surface area contributed by atoms with Gasteiger partial charge >= 0.3 is 0 Å². The second kappa shape index (κ2) is 5.91. The number of carbonyl (C=O) groups excluding carboxylic acids is 1. The van der Waals surface area contributed by atoms with Crippen LogP contribution in [-0.4, -0.2) is 11.9 Å². The van der Waals surface area contributed by atoms with Crippen molar-refractivity contribution in [3.05, 3.63) is 34.3 Å². The largest absolute Gasteiger partial charge is 0.350 e. The molecule has 0 aliphatic rings. The Bertz CT molecular complexity index is 338. The predicted molar refractivity (Wildman–Crippen MR) is 66.0 cm³/mol. The van der Waals surface area contributed by atoms with Gasteiger partial charge in [0.25, 0.3) is 5.91 Å². The summed E-state index contributed by atoms with van der Waals surface area (Å²) in [5, 5.41) is 2.97. The molecule has 82 valence electrons. The first-order chi connectivity index (χ1) is 7.15. The number of halogens is 1. The zero-order chi connectivity index (χ0) is 11.3. The molecule has 1 atom stereocenters. The summed E-state index contributed by atoms with van der Waals surface area (Å²) in [5.41, 5.74) is 0.695. The van der Waals surface area contributed by atoms with Gasteiger partial charge in [0, 0.05) is 10.5 Å². The minimum absolute atomic E-state index is 0.0107. The molecule has 0 heterocycles. The molecule has 15 heavy (non-hydrogen) atoms. The lowest BCUT2D eigenvalue weighted by molar-refractivity contribution is 0.0937. The molecule has 1 N–H and O–H groups in total. The number of rotatable bonds is 4. The van der Waals surface area contributed by atoms with Crippen molar-refractivity contribution < 1.29 is 4.79 Å². The Hall–Kier alpha value is -0.830. The van der Waals surface area contributed by atoms with Crippen LogP contribution < -0.4 is 5.32 Å². The molecule has 1 aromatic carbocycles. The molecule has 0 radical (unpaired) electrons. The monoisotopic (exact) mass is 269 g/mol. The van der Waals surface area contributed by atoms with E-state index < -0.39 is 0 Å². The van der Waals surface area contributed by atoms with E-state index in [4.69, 9.17) is 0 Å². The Kier molecular flexibility index (Phi) is 4.82. The summed E-state index contributed by atoms with van der Waals surface area (Å²) >= 11 is 3.36. The first kappa shape index (κ1) is 12.2. The topological polar surface area (TPSA) is 29.1 Å². The number of carbonyl (C=O) groups is 1. The summed E-state index contributed by atoms with van der Waals surface area (Å²) in [6.07, 6.45) is 2.09. The van der Waals surface area contributed by atoms with Gasteiger partial charge in [-0.1, -0.05) is 25.5 Å². The highest BCUT2D eigenvalue weighted by Gasteiger charge is 2.11. The van der Waals surface area contributed by atoms with Crippen LogP contribution in [0, 0.1) is 0 Å². The molecule has 0 aromatic heterocycles. The van der Waals surface area contributed by atoms with E-state index in [0.717, 1.165) is 17.3 Å². The van der Waals surface area contributed by atoms with Gasteiger partial charge in [-0.15, -0.1) is 0 Å². The highest BCUT2D eigenvalue weighted by atomic mass is 79.9. The van der Waals surface area contributed by atoms with Gasteiger partial charge in [0.1, 0.15) is 0 Å². The molecule has 0 aliphatic carbocycles. The summed E-state index contributed by atoms with van der Waals surface area (Å²) in [6, 6.07) is 7.69. The van der Waals surface area contributed by atoms with Crippen LogP contribution >= 0.6 is 15.9 Å². The summed E-state index contributed by atoms with van der Waals surface area (Å²) in [4.78, 5) is 11.8. The lowest BCUT2D eigenvalue weighted by atomic mass is 10.1. The van der Waals surface area contributed by atoms with E-state index in [1.165, 1.54) is 0 Å². The van der Waals surface area contributed by atoms with Crippen LogP contribution in [0.5, 0.6) is 0 Å². The molecule has 1 aromatic rings. The lowest BCUT2D eigenvalue weighted by Crippen LogP contribution is -2.32. The van der Waals surface area contributed by atoms with Gasteiger partial charge in [0.05, 0.1) is 5.56 Å². The van der Waals surface area contributed by atoms with Crippen LogP contribution in [0.3, 0.4) is 0 Å². The van der Waals surface area contributed by atoms with Gasteiger partial charge in [0.2, 0.25) is 0 Å². The van der Waals surface area contributed by atoms with Crippen LogP contribution in [0.4, 0.5) is 0 Å². The molecule has 0 aliphatic heterocycles. The molecule has 1 amide bonds. The highest BCUT2D eigenvalue weighted by Crippen LogP contribution is 2.15. The maximum absolute atomic E-state index is 11.8. The molecule has 2 nitrogen and oxygen atoms in total. The van der Waals surface area contributed by atoms with E-state index in [0.29, 0.717) is 5.56 Å². The second-order valence-corrected chi connectivity index (χ2v) is 4.50. The molecule has 1 rings (SSSR count). The molecule has 3 heteroatoms.